The summed E-state index contributed by atoms with van der Waals surface area (Å²) in [6, 6.07) is 11.3. The molecule has 9 fully saturated rings. The number of likely N-dealkylation sites (tertiary alicyclic amines) is 3. The van der Waals surface area contributed by atoms with Crippen LogP contribution in [0, 0.1) is 17.8 Å². The molecule has 14 atom stereocenters. The number of hydrogen-bond acceptors (Lipinski definition) is 22. The fourth-order valence-corrected chi connectivity index (χ4v) is 20.7. The zero-order chi connectivity index (χ0) is 67.4. The molecule has 6 saturated carbocycles. The van der Waals surface area contributed by atoms with Crippen molar-refractivity contribution in [3.05, 3.63) is 69.8 Å². The average Bonchev–Trinajstić information content (AvgIpc) is 1.46. The number of aliphatic carboxylic acids is 1. The molecule has 3 aromatic carbocycles. The number of phenolic OH excluding ortho intramolecular Hbond substituents is 3. The summed E-state index contributed by atoms with van der Waals surface area (Å²) in [6.45, 7) is 6.98. The Hall–Kier alpha value is -6.06. The van der Waals surface area contributed by atoms with Gasteiger partial charge < -0.3 is 98.1 Å². The number of aromatic hydroxyl groups is 3. The van der Waals surface area contributed by atoms with Gasteiger partial charge in [0.25, 0.3) is 0 Å². The Morgan fingerprint density at radius 2 is 0.912 bits per heavy atom. The first-order valence-electron chi connectivity index (χ1n) is 35.3. The first-order valence-corrected chi connectivity index (χ1v) is 35.3. The highest BCUT2D eigenvalue weighted by molar-refractivity contribution is 5.90. The highest BCUT2D eigenvalue weighted by atomic mass is 35.5. The minimum Gasteiger partial charge on any atom is -1.00 e. The summed E-state index contributed by atoms with van der Waals surface area (Å²) in [7, 11) is 2.78. The number of halogens is 1. The predicted octanol–water partition coefficient (Wildman–Crippen LogP) is 1.73. The Balaban J connectivity index is 0.000000178. The fourth-order valence-electron chi connectivity index (χ4n) is 20.7. The van der Waals surface area contributed by atoms with Crippen LogP contribution < -0.4 is 48.1 Å². The number of carboxylic acid groups (broad SMARTS) is 2. The molecule has 3 saturated heterocycles. The van der Waals surface area contributed by atoms with Crippen LogP contribution in [0.2, 0.25) is 0 Å². The number of carbonyl (C=O) groups excluding carboxylic acids is 4. The third-order valence-corrected chi connectivity index (χ3v) is 25.4. The van der Waals surface area contributed by atoms with Gasteiger partial charge in [0, 0.05) is 92.5 Å². The number of rotatable bonds is 16. The molecule has 9 aliphatic carbocycles. The number of carbonyl (C=O) groups is 5. The fraction of sp³-hybridized carbons (Fsp3) is 0.701. The molecule has 570 valence electrons. The van der Waals surface area contributed by atoms with Crippen molar-refractivity contribution in [2.24, 2.45) is 17.8 Å². The molecule has 6 heterocycles. The number of quaternary nitrogens is 1. The molecule has 3 aromatic rings. The van der Waals surface area contributed by atoms with Gasteiger partial charge in [0.2, 0.25) is 0 Å². The van der Waals surface area contributed by atoms with E-state index in [0.717, 1.165) is 131 Å². The molecule has 102 heavy (non-hydrogen) atoms. The highest BCUT2D eigenvalue weighted by Gasteiger charge is 2.76. The Bertz CT molecular complexity index is 3540. The predicted molar refractivity (Wildman–Crippen MR) is 376 cm³/mol. The van der Waals surface area contributed by atoms with Crippen molar-refractivity contribution in [1.29, 1.82) is 0 Å². The molecule has 15 aliphatic rings. The second kappa shape index (κ2) is 31.2. The van der Waals surface area contributed by atoms with E-state index < -0.39 is 51.6 Å². The standard InChI is InChI=1S/C24H32N2O5.C23H30N2O5.C20H23NO4.C4H9NO2.CH2O2.5CH4.ClH/c1-30-19(28)7-10-25-16-6-8-24(29)18-12-15-4-5-17(27)21-20(15)23(24,22(16)31-21)9-11-26(18)13-14-2-3-14;26-16-4-3-14-11-17-23(29)7-5-15(24-9-6-18(27)28)21-22(23,19(14)20(16)30-21)8-10-25(17)12-13-1-2-13;22-13-4-3-12-9-15-20(24)6-5-14(23)18-19(20,16(12)17(13)25-18)7-8-21(15)10-11-1-2-11;1-7-4(6)2-3-5;2-1-3;;;;;;/h4-5,14,16,18,22,25,27,29H,2-3,6-13H2,1H3;3-4,13,15,17,21,24,26,29H,1-2,5-12H2,(H,27,28);3-4,11,15,18,22,24H,1-2,5-10H2;2-3,5H2,1H3;1H,(H,2,3);5*1H4;1H/p-1/t16-,18+,22-,23-,24+;15-,17+,21-,22-,23+;15-,18+,19+,20-;;;;;;;;/m001......../s1. The van der Waals surface area contributed by atoms with E-state index in [-0.39, 0.29) is 133 Å². The lowest BCUT2D eigenvalue weighted by Crippen LogP contribution is -3.00. The van der Waals surface area contributed by atoms with E-state index in [1.165, 1.54) is 63.9 Å². The molecule has 0 unspecified atom stereocenters. The maximum Gasteiger partial charge on any atom is 0.311 e. The topological polar surface area (TPSA) is 358 Å². The Morgan fingerprint density at radius 3 is 1.27 bits per heavy atom. The van der Waals surface area contributed by atoms with Crippen molar-refractivity contribution in [3.63, 3.8) is 0 Å². The molecule has 18 rings (SSSR count). The number of benzene rings is 3. The van der Waals surface area contributed by atoms with Crippen LogP contribution in [0.4, 0.5) is 0 Å². The highest BCUT2D eigenvalue weighted by Crippen LogP contribution is 2.69. The number of ketones is 1. The van der Waals surface area contributed by atoms with Crippen LogP contribution in [0.5, 0.6) is 34.5 Å². The lowest BCUT2D eigenvalue weighted by Gasteiger charge is -2.64. The summed E-state index contributed by atoms with van der Waals surface area (Å²) < 4.78 is 28.1. The summed E-state index contributed by atoms with van der Waals surface area (Å²) >= 11 is 0. The number of carboxylic acids is 1. The van der Waals surface area contributed by atoms with Gasteiger partial charge in [-0.3, -0.25) is 33.9 Å². The van der Waals surface area contributed by atoms with Crippen LogP contribution >= 0.6 is 0 Å². The number of aliphatic hydroxyl groups is 3. The molecular formula is C77H116ClN6O18-. The SMILES string of the molecule is C.C.C.C.C.COC(=O)CCN[C@H]1CC[C@@]2(O)[C@H]3Cc4ccc(O)c5c4[C@@]2(CCN3CC2CC2)[C@H]1O5.COC(=O)CC[NH3+].O=C(O)CCN[C@H]1CC[C@@]2(O)[C@H]3Cc4ccc(O)c5c4[C@@]2(CCN3CC2CC2)[C@H]1O5.O=C1CC[C@@]2(O)[C@H]3Cc4ccc(O)c5c4[C@@]2(CCN3CC2CC2)[C@H]1O5.O=C[O-].[Cl-]. The number of Topliss-reactive ketones (excluding diaryl/α,β-unsaturated/α-hetero) is 1. The number of hydrogen-bond donors (Lipinski definition) is 10. The number of ether oxygens (including phenoxy) is 5. The summed E-state index contributed by atoms with van der Waals surface area (Å²) in [5.74, 6) is 3.10. The Kier molecular flexibility index (Phi) is 24.9. The number of phenols is 3. The molecule has 6 bridgehead atoms. The van der Waals surface area contributed by atoms with Gasteiger partial charge in [-0.05, 0) is 181 Å². The van der Waals surface area contributed by atoms with Gasteiger partial charge in [-0.1, -0.05) is 55.3 Å². The summed E-state index contributed by atoms with van der Waals surface area (Å²) in [6.07, 6.45) is 15.9. The van der Waals surface area contributed by atoms with Crippen LogP contribution in [0.1, 0.15) is 186 Å². The maximum absolute atomic E-state index is 12.7. The minimum atomic E-state index is -0.940. The largest absolute Gasteiger partial charge is 1.00 e. The van der Waals surface area contributed by atoms with Crippen LogP contribution in [-0.4, -0.2) is 219 Å². The summed E-state index contributed by atoms with van der Waals surface area (Å²) in [5.41, 5.74) is 5.57. The second-order valence-corrected chi connectivity index (χ2v) is 30.2. The minimum absolute atomic E-state index is 0. The number of nitrogens with one attached hydrogen (secondary N) is 2. The van der Waals surface area contributed by atoms with Gasteiger partial charge in [0.05, 0.1) is 73.1 Å². The molecule has 3 spiro atoms. The lowest BCUT2D eigenvalue weighted by molar-refractivity contribution is -0.366. The number of esters is 2. The summed E-state index contributed by atoms with van der Waals surface area (Å²) in [4.78, 5) is 61.2. The Morgan fingerprint density at radius 1 is 0.559 bits per heavy atom. The van der Waals surface area contributed by atoms with Crippen LogP contribution in [0.3, 0.4) is 0 Å². The third kappa shape index (κ3) is 13.0. The molecule has 6 aliphatic heterocycles. The third-order valence-electron chi connectivity index (χ3n) is 25.4. The van der Waals surface area contributed by atoms with Gasteiger partial charge in [-0.15, -0.1) is 0 Å². The van der Waals surface area contributed by atoms with E-state index in [1.54, 1.807) is 18.2 Å². The van der Waals surface area contributed by atoms with Crippen molar-refractivity contribution in [2.75, 3.05) is 73.1 Å². The monoisotopic (exact) mass is 1450 g/mol. The first-order chi connectivity index (χ1) is 46.2. The molecule has 0 amide bonds. The number of methoxy groups -OCH3 is 2. The van der Waals surface area contributed by atoms with E-state index in [2.05, 4.69) is 35.8 Å². The van der Waals surface area contributed by atoms with Crippen LogP contribution in [0.15, 0.2) is 36.4 Å². The summed E-state index contributed by atoms with van der Waals surface area (Å²) in [5, 5.41) is 92.4. The quantitative estimate of drug-likeness (QED) is 0.0721. The van der Waals surface area contributed by atoms with Gasteiger partial charge >= 0.3 is 17.9 Å². The molecule has 0 aromatic heterocycles. The first kappa shape index (κ1) is 81.6. The van der Waals surface area contributed by atoms with Crippen molar-refractivity contribution in [3.8, 4) is 34.5 Å². The van der Waals surface area contributed by atoms with Crippen molar-refractivity contribution in [1.82, 2.24) is 25.3 Å². The van der Waals surface area contributed by atoms with Gasteiger partial charge in [0.15, 0.2) is 46.4 Å². The average molecular weight is 1450 g/mol. The molecule has 0 radical (unpaired) electrons. The van der Waals surface area contributed by atoms with Crippen LogP contribution in [-0.2, 0) is 69.0 Å². The normalized spacial score (nSPS) is 33.7. The van der Waals surface area contributed by atoms with Crippen LogP contribution in [0.25, 0.3) is 0 Å². The van der Waals surface area contributed by atoms with Crippen molar-refractivity contribution >= 4 is 30.2 Å². The lowest BCUT2D eigenvalue weighted by atomic mass is 9.48. The zero-order valence-electron chi connectivity index (χ0n) is 55.7. The smallest absolute Gasteiger partial charge is 0.311 e. The zero-order valence-corrected chi connectivity index (χ0v) is 56.4. The second-order valence-electron chi connectivity index (χ2n) is 30.2. The van der Waals surface area contributed by atoms with Gasteiger partial charge in [-0.25, -0.2) is 0 Å². The van der Waals surface area contributed by atoms with Crippen molar-refractivity contribution < 1.29 is 107 Å². The molecule has 12 N–H and O–H groups in total. The maximum atomic E-state index is 12.7. The van der Waals surface area contributed by atoms with E-state index in [9.17, 15) is 49.8 Å². The van der Waals surface area contributed by atoms with E-state index in [4.69, 9.17) is 34.0 Å². The molecule has 25 heteroatoms. The van der Waals surface area contributed by atoms with Gasteiger partial charge in [-0.2, -0.15) is 0 Å². The van der Waals surface area contributed by atoms with E-state index in [0.29, 0.717) is 75.4 Å². The van der Waals surface area contributed by atoms with E-state index >= 15 is 0 Å². The molecular weight excluding hydrogens is 1330 g/mol. The Labute approximate surface area is 608 Å². The number of piperidine rings is 3. The molecule has 24 nitrogen and oxygen atoms in total. The van der Waals surface area contributed by atoms with Crippen molar-refractivity contribution in [2.45, 2.75) is 254 Å². The van der Waals surface area contributed by atoms with Gasteiger partial charge in [0.1, 0.15) is 12.2 Å². The van der Waals surface area contributed by atoms with E-state index in [1.807, 2.05) is 18.2 Å². The number of nitrogens with zero attached hydrogens (tertiary/aromatic N) is 3.